The molecule has 4 heteroatoms. The summed E-state index contributed by atoms with van der Waals surface area (Å²) < 4.78 is 11.4. The molecule has 0 fully saturated rings. The van der Waals surface area contributed by atoms with E-state index in [9.17, 15) is 4.79 Å². The third-order valence-corrected chi connectivity index (χ3v) is 5.17. The van der Waals surface area contributed by atoms with Crippen LogP contribution in [0.5, 0.6) is 17.2 Å². The molecule has 27 heavy (non-hydrogen) atoms. The number of hydrogen-bond acceptors (Lipinski definition) is 4. The SMILES string of the molecule is CCOc1ccc2c(c1)S/C(=C\c1cccc(Oc3ccccc3)c1)C2=O. The fraction of sp³-hybridized carbons (Fsp3) is 0.0870. The van der Waals surface area contributed by atoms with E-state index in [4.69, 9.17) is 9.47 Å². The molecule has 3 nitrogen and oxygen atoms in total. The number of fused-ring (bicyclic) bond motifs is 1. The highest BCUT2D eigenvalue weighted by Gasteiger charge is 2.26. The lowest BCUT2D eigenvalue weighted by atomic mass is 10.1. The molecule has 0 saturated carbocycles. The van der Waals surface area contributed by atoms with E-state index in [2.05, 4.69) is 0 Å². The zero-order valence-electron chi connectivity index (χ0n) is 14.8. The van der Waals surface area contributed by atoms with Crippen molar-refractivity contribution in [3.05, 3.63) is 88.8 Å². The predicted molar refractivity (Wildman–Crippen MR) is 109 cm³/mol. The molecule has 134 valence electrons. The summed E-state index contributed by atoms with van der Waals surface area (Å²) in [5.41, 5.74) is 1.66. The number of rotatable bonds is 5. The van der Waals surface area contributed by atoms with Gasteiger partial charge in [0, 0.05) is 10.5 Å². The van der Waals surface area contributed by atoms with Crippen molar-refractivity contribution in [3.8, 4) is 17.2 Å². The Bertz CT molecular complexity index is 1010. The topological polar surface area (TPSA) is 35.5 Å². The zero-order valence-corrected chi connectivity index (χ0v) is 15.7. The number of carbonyl (C=O) groups is 1. The molecule has 0 radical (unpaired) electrons. The number of hydrogen-bond donors (Lipinski definition) is 0. The van der Waals surface area contributed by atoms with Crippen LogP contribution in [0.1, 0.15) is 22.8 Å². The summed E-state index contributed by atoms with van der Waals surface area (Å²) in [5, 5.41) is 0. The summed E-state index contributed by atoms with van der Waals surface area (Å²) in [6.45, 7) is 2.55. The van der Waals surface area contributed by atoms with E-state index in [1.54, 1.807) is 0 Å². The van der Waals surface area contributed by atoms with Crippen LogP contribution in [-0.2, 0) is 0 Å². The Morgan fingerprint density at radius 3 is 2.52 bits per heavy atom. The predicted octanol–water partition coefficient (Wildman–Crippen LogP) is 6.21. The van der Waals surface area contributed by atoms with Gasteiger partial charge in [-0.05, 0) is 61.0 Å². The first-order valence-electron chi connectivity index (χ1n) is 8.77. The van der Waals surface area contributed by atoms with Crippen molar-refractivity contribution in [2.45, 2.75) is 11.8 Å². The summed E-state index contributed by atoms with van der Waals surface area (Å²) in [5.74, 6) is 2.36. The molecule has 0 atom stereocenters. The first-order chi connectivity index (χ1) is 13.2. The van der Waals surface area contributed by atoms with E-state index in [1.807, 2.05) is 85.8 Å². The number of Topliss-reactive ketones (excluding diaryl/α,β-unsaturated/α-hetero) is 1. The Morgan fingerprint density at radius 1 is 0.889 bits per heavy atom. The summed E-state index contributed by atoms with van der Waals surface area (Å²) in [4.78, 5) is 14.3. The van der Waals surface area contributed by atoms with Gasteiger partial charge >= 0.3 is 0 Å². The molecule has 0 amide bonds. The number of ether oxygens (including phenoxy) is 2. The molecule has 1 aliphatic rings. The minimum Gasteiger partial charge on any atom is -0.494 e. The fourth-order valence-corrected chi connectivity index (χ4v) is 3.95. The molecule has 0 saturated heterocycles. The van der Waals surface area contributed by atoms with Crippen LogP contribution in [-0.4, -0.2) is 12.4 Å². The van der Waals surface area contributed by atoms with Crippen LogP contribution >= 0.6 is 11.8 Å². The van der Waals surface area contributed by atoms with E-state index < -0.39 is 0 Å². The molecule has 1 aliphatic heterocycles. The molecule has 3 aromatic carbocycles. The van der Waals surface area contributed by atoms with Crippen molar-refractivity contribution >= 4 is 23.6 Å². The lowest BCUT2D eigenvalue weighted by molar-refractivity contribution is 0.104. The standard InChI is InChI=1S/C23H18O3S/c1-2-25-18-11-12-20-21(15-18)27-22(23(20)24)14-16-7-6-10-19(13-16)26-17-8-4-3-5-9-17/h3-15H,2H2,1H3/b22-14-. The first kappa shape index (κ1) is 17.4. The number of para-hydroxylation sites is 1. The molecule has 1 heterocycles. The monoisotopic (exact) mass is 374 g/mol. The quantitative estimate of drug-likeness (QED) is 0.498. The Balaban J connectivity index is 1.57. The van der Waals surface area contributed by atoms with Crippen molar-refractivity contribution in [1.29, 1.82) is 0 Å². The molecular weight excluding hydrogens is 356 g/mol. The second kappa shape index (κ2) is 7.72. The molecule has 0 N–H and O–H groups in total. The summed E-state index contributed by atoms with van der Waals surface area (Å²) in [6.07, 6.45) is 1.91. The smallest absolute Gasteiger partial charge is 0.200 e. The van der Waals surface area contributed by atoms with Crippen LogP contribution < -0.4 is 9.47 Å². The third kappa shape index (κ3) is 3.91. The highest BCUT2D eigenvalue weighted by atomic mass is 32.2. The lowest BCUT2D eigenvalue weighted by Crippen LogP contribution is -1.95. The summed E-state index contributed by atoms with van der Waals surface area (Å²) in [6, 6.07) is 23.0. The largest absolute Gasteiger partial charge is 0.494 e. The number of allylic oxidation sites excluding steroid dienone is 1. The van der Waals surface area contributed by atoms with Crippen molar-refractivity contribution in [2.75, 3.05) is 6.61 Å². The van der Waals surface area contributed by atoms with E-state index in [-0.39, 0.29) is 5.78 Å². The number of benzene rings is 3. The Labute approximate surface area is 162 Å². The van der Waals surface area contributed by atoms with Crippen molar-refractivity contribution < 1.29 is 14.3 Å². The van der Waals surface area contributed by atoms with Gasteiger partial charge in [-0.15, -0.1) is 0 Å². The molecule has 3 aromatic rings. The number of carbonyl (C=O) groups excluding carboxylic acids is 1. The minimum atomic E-state index is 0.0485. The lowest BCUT2D eigenvalue weighted by Gasteiger charge is -2.06. The average Bonchev–Trinajstić information content (AvgIpc) is 2.98. The van der Waals surface area contributed by atoms with Crippen LogP contribution in [0.3, 0.4) is 0 Å². The number of thioether (sulfide) groups is 1. The Hall–Kier alpha value is -2.98. The van der Waals surface area contributed by atoms with Gasteiger partial charge in [-0.2, -0.15) is 0 Å². The second-order valence-electron chi connectivity index (χ2n) is 6.02. The van der Waals surface area contributed by atoms with Gasteiger partial charge in [0.15, 0.2) is 0 Å². The highest BCUT2D eigenvalue weighted by Crippen LogP contribution is 2.42. The van der Waals surface area contributed by atoms with Gasteiger partial charge in [0.25, 0.3) is 0 Å². The molecule has 0 spiro atoms. The van der Waals surface area contributed by atoms with Crippen LogP contribution in [0.4, 0.5) is 0 Å². The van der Waals surface area contributed by atoms with Crippen LogP contribution in [0.25, 0.3) is 6.08 Å². The molecule has 0 unspecified atom stereocenters. The minimum absolute atomic E-state index is 0.0485. The van der Waals surface area contributed by atoms with Gasteiger partial charge in [-0.1, -0.05) is 42.1 Å². The van der Waals surface area contributed by atoms with Crippen LogP contribution in [0.2, 0.25) is 0 Å². The molecule has 4 rings (SSSR count). The van der Waals surface area contributed by atoms with Crippen molar-refractivity contribution in [2.24, 2.45) is 0 Å². The van der Waals surface area contributed by atoms with Gasteiger partial charge < -0.3 is 9.47 Å². The van der Waals surface area contributed by atoms with Gasteiger partial charge in [0.1, 0.15) is 17.2 Å². The molecular formula is C23H18O3S. The van der Waals surface area contributed by atoms with E-state index >= 15 is 0 Å². The van der Waals surface area contributed by atoms with Crippen LogP contribution in [0.15, 0.2) is 82.6 Å². The first-order valence-corrected chi connectivity index (χ1v) is 9.58. The molecule has 0 bridgehead atoms. The summed E-state index contributed by atoms with van der Waals surface area (Å²) >= 11 is 1.48. The maximum Gasteiger partial charge on any atom is 0.200 e. The average molecular weight is 374 g/mol. The maximum absolute atomic E-state index is 12.7. The van der Waals surface area contributed by atoms with Crippen molar-refractivity contribution in [1.82, 2.24) is 0 Å². The van der Waals surface area contributed by atoms with E-state index in [1.165, 1.54) is 11.8 Å². The van der Waals surface area contributed by atoms with Gasteiger partial charge in [0.05, 0.1) is 11.5 Å². The highest BCUT2D eigenvalue weighted by molar-refractivity contribution is 8.04. The second-order valence-corrected chi connectivity index (χ2v) is 7.10. The Kier molecular flexibility index (Phi) is 4.99. The molecule has 0 aliphatic carbocycles. The van der Waals surface area contributed by atoms with E-state index in [0.717, 1.165) is 33.3 Å². The zero-order chi connectivity index (χ0) is 18.6. The van der Waals surface area contributed by atoms with Gasteiger partial charge in [-0.3, -0.25) is 4.79 Å². The molecule has 0 aromatic heterocycles. The van der Waals surface area contributed by atoms with Crippen LogP contribution in [0, 0.1) is 0 Å². The van der Waals surface area contributed by atoms with Gasteiger partial charge in [0.2, 0.25) is 5.78 Å². The van der Waals surface area contributed by atoms with E-state index in [0.29, 0.717) is 11.5 Å². The van der Waals surface area contributed by atoms with Crippen molar-refractivity contribution in [3.63, 3.8) is 0 Å². The summed E-state index contributed by atoms with van der Waals surface area (Å²) in [7, 11) is 0. The Morgan fingerprint density at radius 2 is 1.70 bits per heavy atom. The fourth-order valence-electron chi connectivity index (χ4n) is 2.87. The van der Waals surface area contributed by atoms with Gasteiger partial charge in [-0.25, -0.2) is 0 Å². The number of ketones is 1. The maximum atomic E-state index is 12.7. The normalized spacial score (nSPS) is 14.3. The third-order valence-electron chi connectivity index (χ3n) is 4.09.